The van der Waals surface area contributed by atoms with Gasteiger partial charge in [0.05, 0.1) is 0 Å². The molecule has 0 aliphatic rings. The summed E-state index contributed by atoms with van der Waals surface area (Å²) in [5.74, 6) is 0.938. The minimum absolute atomic E-state index is 0.398. The van der Waals surface area contributed by atoms with Gasteiger partial charge >= 0.3 is 0 Å². The average molecular weight is 286 g/mol. The maximum absolute atomic E-state index is 5.97. The molecular formula is C15H12ClN3O. The van der Waals surface area contributed by atoms with Crippen LogP contribution >= 0.6 is 11.6 Å². The van der Waals surface area contributed by atoms with Crippen LogP contribution in [0.1, 0.15) is 5.56 Å². The average Bonchev–Trinajstić information content (AvgIpc) is 2.88. The minimum atomic E-state index is 0.398. The summed E-state index contributed by atoms with van der Waals surface area (Å²) in [5.41, 5.74) is 9.11. The van der Waals surface area contributed by atoms with Gasteiger partial charge in [-0.2, -0.15) is 4.98 Å². The van der Waals surface area contributed by atoms with Gasteiger partial charge in [0, 0.05) is 21.8 Å². The molecule has 0 saturated heterocycles. The summed E-state index contributed by atoms with van der Waals surface area (Å²) in [6.07, 6.45) is 0. The van der Waals surface area contributed by atoms with E-state index in [4.69, 9.17) is 21.9 Å². The number of aryl methyl sites for hydroxylation is 1. The molecule has 1 heterocycles. The number of nitrogens with two attached hydrogens (primary N) is 1. The molecule has 2 N–H and O–H groups in total. The molecular weight excluding hydrogens is 274 g/mol. The fourth-order valence-electron chi connectivity index (χ4n) is 1.90. The number of aromatic nitrogens is 2. The van der Waals surface area contributed by atoms with Crippen molar-refractivity contribution in [3.8, 4) is 22.8 Å². The number of hydrogen-bond acceptors (Lipinski definition) is 4. The molecule has 0 aliphatic carbocycles. The lowest BCUT2D eigenvalue weighted by molar-refractivity contribution is 0.432. The third-order valence-corrected chi connectivity index (χ3v) is 3.12. The summed E-state index contributed by atoms with van der Waals surface area (Å²) in [7, 11) is 0. The maximum Gasteiger partial charge on any atom is 0.258 e. The second-order valence-corrected chi connectivity index (χ2v) is 5.00. The van der Waals surface area contributed by atoms with Crippen LogP contribution in [0.15, 0.2) is 47.0 Å². The first-order valence-corrected chi connectivity index (χ1v) is 6.47. The van der Waals surface area contributed by atoms with E-state index in [9.17, 15) is 0 Å². The Balaban J connectivity index is 1.99. The van der Waals surface area contributed by atoms with E-state index in [0.717, 1.165) is 5.56 Å². The molecule has 0 radical (unpaired) electrons. The van der Waals surface area contributed by atoms with Crippen molar-refractivity contribution in [2.24, 2.45) is 0 Å². The topological polar surface area (TPSA) is 64.9 Å². The van der Waals surface area contributed by atoms with E-state index in [0.29, 0.717) is 28.0 Å². The van der Waals surface area contributed by atoms with Gasteiger partial charge in [0.25, 0.3) is 5.89 Å². The van der Waals surface area contributed by atoms with E-state index < -0.39 is 0 Å². The fourth-order valence-corrected chi connectivity index (χ4v) is 2.14. The van der Waals surface area contributed by atoms with Crippen molar-refractivity contribution >= 4 is 17.3 Å². The van der Waals surface area contributed by atoms with Crippen LogP contribution in [0.2, 0.25) is 5.02 Å². The Morgan fingerprint density at radius 1 is 1.05 bits per heavy atom. The second kappa shape index (κ2) is 4.98. The van der Waals surface area contributed by atoms with Gasteiger partial charge in [-0.15, -0.1) is 0 Å². The largest absolute Gasteiger partial charge is 0.399 e. The number of nitrogen functional groups attached to an aromatic ring is 1. The van der Waals surface area contributed by atoms with Gasteiger partial charge in [-0.25, -0.2) is 0 Å². The van der Waals surface area contributed by atoms with E-state index in [1.54, 1.807) is 18.2 Å². The Hall–Kier alpha value is -2.33. The van der Waals surface area contributed by atoms with Crippen LogP contribution in [0.25, 0.3) is 22.8 Å². The lowest BCUT2D eigenvalue weighted by atomic mass is 10.1. The van der Waals surface area contributed by atoms with Gasteiger partial charge < -0.3 is 10.3 Å². The molecule has 0 unspecified atom stereocenters. The number of nitrogens with zero attached hydrogens (tertiary/aromatic N) is 2. The third-order valence-electron chi connectivity index (χ3n) is 2.90. The van der Waals surface area contributed by atoms with Crippen LogP contribution in [0.4, 0.5) is 5.69 Å². The highest BCUT2D eigenvalue weighted by Gasteiger charge is 2.11. The van der Waals surface area contributed by atoms with E-state index in [1.165, 1.54) is 5.56 Å². The number of rotatable bonds is 2. The van der Waals surface area contributed by atoms with Gasteiger partial charge in [0.2, 0.25) is 5.82 Å². The molecule has 0 saturated carbocycles. The van der Waals surface area contributed by atoms with Crippen LogP contribution in [0, 0.1) is 6.92 Å². The van der Waals surface area contributed by atoms with Crippen molar-refractivity contribution in [1.29, 1.82) is 0 Å². The highest BCUT2D eigenvalue weighted by atomic mass is 35.5. The molecule has 0 fully saturated rings. The number of anilines is 1. The molecule has 0 bridgehead atoms. The maximum atomic E-state index is 5.97. The predicted molar refractivity (Wildman–Crippen MR) is 79.3 cm³/mol. The Kier molecular flexibility index (Phi) is 3.16. The van der Waals surface area contributed by atoms with Crippen molar-refractivity contribution in [1.82, 2.24) is 10.1 Å². The van der Waals surface area contributed by atoms with Crippen LogP contribution < -0.4 is 5.73 Å². The smallest absolute Gasteiger partial charge is 0.258 e. The molecule has 2 aromatic carbocycles. The van der Waals surface area contributed by atoms with Gasteiger partial charge in [-0.3, -0.25) is 0 Å². The van der Waals surface area contributed by atoms with Gasteiger partial charge in [0.1, 0.15) is 0 Å². The van der Waals surface area contributed by atoms with E-state index in [1.807, 2.05) is 31.2 Å². The minimum Gasteiger partial charge on any atom is -0.399 e. The molecule has 0 aliphatic heterocycles. The zero-order chi connectivity index (χ0) is 14.1. The zero-order valence-corrected chi connectivity index (χ0v) is 11.6. The van der Waals surface area contributed by atoms with E-state index in [-0.39, 0.29) is 0 Å². The summed E-state index contributed by atoms with van der Waals surface area (Å²) in [6, 6.07) is 13.1. The second-order valence-electron chi connectivity index (χ2n) is 4.56. The molecule has 3 aromatic rings. The Labute approximate surface area is 121 Å². The van der Waals surface area contributed by atoms with Crippen molar-refractivity contribution in [3.63, 3.8) is 0 Å². The standard InChI is InChI=1S/C15H12ClN3O/c1-9-2-4-10(5-3-9)14-18-15(20-19-14)11-6-12(16)8-13(17)7-11/h2-8H,17H2,1H3. The fraction of sp³-hybridized carbons (Fsp3) is 0.0667. The van der Waals surface area contributed by atoms with E-state index >= 15 is 0 Å². The summed E-state index contributed by atoms with van der Waals surface area (Å²) in [4.78, 5) is 4.37. The molecule has 0 spiro atoms. The van der Waals surface area contributed by atoms with Crippen LogP contribution in [0.3, 0.4) is 0 Å². The quantitative estimate of drug-likeness (QED) is 0.724. The molecule has 20 heavy (non-hydrogen) atoms. The van der Waals surface area contributed by atoms with Crippen molar-refractivity contribution in [2.75, 3.05) is 5.73 Å². The summed E-state index contributed by atoms with van der Waals surface area (Å²) in [5, 5.41) is 4.52. The lowest BCUT2D eigenvalue weighted by Gasteiger charge is -1.98. The highest BCUT2D eigenvalue weighted by molar-refractivity contribution is 6.31. The van der Waals surface area contributed by atoms with Gasteiger partial charge in [-0.1, -0.05) is 46.6 Å². The first-order valence-electron chi connectivity index (χ1n) is 6.09. The van der Waals surface area contributed by atoms with Crippen molar-refractivity contribution in [3.05, 3.63) is 53.1 Å². The molecule has 0 amide bonds. The molecule has 1 aromatic heterocycles. The van der Waals surface area contributed by atoms with Crippen molar-refractivity contribution in [2.45, 2.75) is 6.92 Å². The summed E-state index contributed by atoms with van der Waals surface area (Å²) in [6.45, 7) is 2.03. The van der Waals surface area contributed by atoms with Gasteiger partial charge in [0.15, 0.2) is 0 Å². The zero-order valence-electron chi connectivity index (χ0n) is 10.8. The van der Waals surface area contributed by atoms with Crippen LogP contribution in [-0.4, -0.2) is 10.1 Å². The monoisotopic (exact) mass is 285 g/mol. The lowest BCUT2D eigenvalue weighted by Crippen LogP contribution is -1.86. The molecule has 3 rings (SSSR count). The summed E-state index contributed by atoms with van der Waals surface area (Å²) >= 11 is 5.97. The van der Waals surface area contributed by atoms with Crippen LogP contribution in [0.5, 0.6) is 0 Å². The van der Waals surface area contributed by atoms with Crippen molar-refractivity contribution < 1.29 is 4.52 Å². The molecule has 100 valence electrons. The van der Waals surface area contributed by atoms with Crippen LogP contribution in [-0.2, 0) is 0 Å². The molecule has 4 nitrogen and oxygen atoms in total. The number of halogens is 1. The predicted octanol–water partition coefficient (Wildman–Crippen LogP) is 3.95. The first-order chi connectivity index (χ1) is 9.61. The third kappa shape index (κ3) is 2.51. The van der Waals surface area contributed by atoms with Gasteiger partial charge in [-0.05, 0) is 25.1 Å². The number of hydrogen-bond donors (Lipinski definition) is 1. The Morgan fingerprint density at radius 2 is 1.80 bits per heavy atom. The Bertz CT molecular complexity index is 730. The first kappa shape index (κ1) is 12.7. The highest BCUT2D eigenvalue weighted by Crippen LogP contribution is 2.26. The molecule has 0 atom stereocenters. The molecule has 5 heteroatoms. The Morgan fingerprint density at radius 3 is 2.50 bits per heavy atom. The number of benzene rings is 2. The summed E-state index contributed by atoms with van der Waals surface area (Å²) < 4.78 is 5.27. The normalized spacial score (nSPS) is 10.7. The van der Waals surface area contributed by atoms with E-state index in [2.05, 4.69) is 10.1 Å². The SMILES string of the molecule is Cc1ccc(-c2noc(-c3cc(N)cc(Cl)c3)n2)cc1.